The number of carbonyl (C=O) groups excluding carboxylic acids is 3. The van der Waals surface area contributed by atoms with Gasteiger partial charge in [-0.2, -0.15) is 0 Å². The number of methoxy groups -OCH3 is 1. The van der Waals surface area contributed by atoms with Gasteiger partial charge in [0.25, 0.3) is 0 Å². The van der Waals surface area contributed by atoms with Crippen molar-refractivity contribution >= 4 is 34.8 Å². The normalized spacial score (nSPS) is 21.4. The van der Waals surface area contributed by atoms with Crippen molar-refractivity contribution in [2.45, 2.75) is 82.7 Å². The number of aliphatic carboxylic acids is 1. The average molecular weight is 735 g/mol. The van der Waals surface area contributed by atoms with Crippen LogP contribution in [0.4, 0.5) is 4.79 Å². The highest BCUT2D eigenvalue weighted by Crippen LogP contribution is 2.35. The number of nitrogens with one attached hydrogen (secondary N) is 2. The maximum absolute atomic E-state index is 14.7. The van der Waals surface area contributed by atoms with E-state index >= 15 is 0 Å². The van der Waals surface area contributed by atoms with Gasteiger partial charge in [-0.25, -0.2) is 14.6 Å². The Morgan fingerprint density at radius 1 is 0.963 bits per heavy atom. The number of pyridine rings is 1. The van der Waals surface area contributed by atoms with Crippen LogP contribution in [-0.4, -0.2) is 82.4 Å². The van der Waals surface area contributed by atoms with E-state index in [0.717, 1.165) is 16.7 Å². The number of alkyl carbamates (subject to hydrolysis) is 1. The summed E-state index contributed by atoms with van der Waals surface area (Å²) in [6, 6.07) is 21.3. The third kappa shape index (κ3) is 9.35. The Balaban J connectivity index is 1.38. The predicted octanol–water partition coefficient (Wildman–Crippen LogP) is 5.86. The fraction of sp³-hybridized carbons (Fsp3) is 0.357. The molecule has 1 fully saturated rings. The zero-order chi connectivity index (χ0) is 38.4. The monoisotopic (exact) mass is 734 g/mol. The van der Waals surface area contributed by atoms with Gasteiger partial charge < -0.3 is 34.9 Å². The van der Waals surface area contributed by atoms with E-state index in [1.807, 2.05) is 84.9 Å². The molecule has 0 unspecified atom stereocenters. The molecule has 3 aromatic carbocycles. The van der Waals surface area contributed by atoms with E-state index in [-0.39, 0.29) is 25.8 Å². The summed E-state index contributed by atoms with van der Waals surface area (Å²) in [7, 11) is 1.58. The molecule has 3 N–H and O–H groups in total. The number of carboxylic acids is 1. The second-order valence-corrected chi connectivity index (χ2v) is 14.6. The highest BCUT2D eigenvalue weighted by atomic mass is 16.6. The first-order valence-electron chi connectivity index (χ1n) is 18.1. The summed E-state index contributed by atoms with van der Waals surface area (Å²) >= 11 is 0. The molecule has 12 nitrogen and oxygen atoms in total. The highest BCUT2D eigenvalue weighted by molar-refractivity contribution is 5.94. The Labute approximate surface area is 314 Å². The molecule has 0 spiro atoms. The molecule has 54 heavy (non-hydrogen) atoms. The number of hydrogen-bond donors (Lipinski definition) is 3. The van der Waals surface area contributed by atoms with Gasteiger partial charge in [-0.05, 0) is 63.3 Å². The van der Waals surface area contributed by atoms with Crippen LogP contribution < -0.4 is 20.1 Å². The third-order valence-electron chi connectivity index (χ3n) is 9.37. The number of amides is 3. The zero-order valence-corrected chi connectivity index (χ0v) is 30.9. The molecule has 4 aromatic rings. The molecule has 6 rings (SSSR count). The van der Waals surface area contributed by atoms with E-state index in [9.17, 15) is 24.3 Å². The SMILES string of the molecule is COc1ccc2c(O[C@@H]3C[C@H]4C(=O)N[C@@H](C(=O)O)CC/C=C/Cc5cccc(c5)C[C@@H](NC(=O)OC(C)(C)C)C(=O)N4C3)cc(-c3ccccc3)nc2c1. The number of benzene rings is 3. The Bertz CT molecular complexity index is 2040. The molecule has 12 heteroatoms. The molecule has 3 heterocycles. The van der Waals surface area contributed by atoms with Crippen LogP contribution in [0.5, 0.6) is 11.5 Å². The van der Waals surface area contributed by atoms with Gasteiger partial charge >= 0.3 is 12.1 Å². The molecule has 2 aliphatic rings. The largest absolute Gasteiger partial charge is 0.497 e. The summed E-state index contributed by atoms with van der Waals surface area (Å²) in [6.45, 7) is 5.18. The van der Waals surface area contributed by atoms with Crippen LogP contribution in [0.3, 0.4) is 0 Å². The Morgan fingerprint density at radius 2 is 1.74 bits per heavy atom. The number of rotatable bonds is 6. The van der Waals surface area contributed by atoms with Gasteiger partial charge in [0.05, 0.1) is 24.9 Å². The van der Waals surface area contributed by atoms with Crippen molar-refractivity contribution in [3.8, 4) is 22.8 Å². The molecule has 1 saturated heterocycles. The molecule has 0 aliphatic carbocycles. The second-order valence-electron chi connectivity index (χ2n) is 14.6. The van der Waals surface area contributed by atoms with Gasteiger partial charge in [0.2, 0.25) is 11.8 Å². The number of aromatic nitrogens is 1. The van der Waals surface area contributed by atoms with Crippen LogP contribution in [0.1, 0.15) is 51.2 Å². The third-order valence-corrected chi connectivity index (χ3v) is 9.37. The predicted molar refractivity (Wildman–Crippen MR) is 203 cm³/mol. The molecule has 2 aliphatic heterocycles. The van der Waals surface area contributed by atoms with Crippen LogP contribution in [-0.2, 0) is 32.0 Å². The lowest BCUT2D eigenvalue weighted by atomic mass is 10.00. The van der Waals surface area contributed by atoms with E-state index in [2.05, 4.69) is 10.6 Å². The molecule has 4 atom stereocenters. The minimum absolute atomic E-state index is 0.00935. The summed E-state index contributed by atoms with van der Waals surface area (Å²) in [5.41, 5.74) is 3.14. The number of fused-ring (bicyclic) bond motifs is 4. The minimum Gasteiger partial charge on any atom is -0.497 e. The van der Waals surface area contributed by atoms with Crippen molar-refractivity contribution < 1.29 is 38.5 Å². The van der Waals surface area contributed by atoms with Crippen LogP contribution in [0.15, 0.2) is 91.0 Å². The highest BCUT2D eigenvalue weighted by Gasteiger charge is 2.44. The summed E-state index contributed by atoms with van der Waals surface area (Å²) in [4.78, 5) is 60.4. The first kappa shape index (κ1) is 37.8. The van der Waals surface area contributed by atoms with Gasteiger partial charge in [0, 0.05) is 35.9 Å². The second kappa shape index (κ2) is 16.4. The van der Waals surface area contributed by atoms with E-state index in [1.165, 1.54) is 4.90 Å². The summed E-state index contributed by atoms with van der Waals surface area (Å²) in [5.74, 6) is -1.20. The van der Waals surface area contributed by atoms with Gasteiger partial charge in [0.15, 0.2) is 0 Å². The fourth-order valence-electron chi connectivity index (χ4n) is 6.81. The Kier molecular flexibility index (Phi) is 11.5. The van der Waals surface area contributed by atoms with Gasteiger partial charge in [-0.15, -0.1) is 0 Å². The number of ether oxygens (including phenoxy) is 3. The number of carboxylic acid groups (broad SMARTS) is 1. The summed E-state index contributed by atoms with van der Waals surface area (Å²) < 4.78 is 17.7. The quantitative estimate of drug-likeness (QED) is 0.207. The van der Waals surface area contributed by atoms with Gasteiger partial charge in [-0.1, -0.05) is 66.7 Å². The van der Waals surface area contributed by atoms with Gasteiger partial charge in [-0.3, -0.25) is 9.59 Å². The van der Waals surface area contributed by atoms with Crippen LogP contribution in [0.2, 0.25) is 0 Å². The van der Waals surface area contributed by atoms with Crippen molar-refractivity contribution in [2.24, 2.45) is 0 Å². The fourth-order valence-corrected chi connectivity index (χ4v) is 6.81. The molecular formula is C42H46N4O8. The maximum Gasteiger partial charge on any atom is 0.408 e. The van der Waals surface area contributed by atoms with Crippen molar-refractivity contribution in [3.05, 3.63) is 102 Å². The molecule has 1 aromatic heterocycles. The van der Waals surface area contributed by atoms with Crippen molar-refractivity contribution in [1.29, 1.82) is 0 Å². The molecule has 3 amide bonds. The first-order chi connectivity index (χ1) is 25.9. The zero-order valence-electron chi connectivity index (χ0n) is 30.9. The van der Waals surface area contributed by atoms with E-state index in [0.29, 0.717) is 40.9 Å². The smallest absolute Gasteiger partial charge is 0.408 e. The van der Waals surface area contributed by atoms with Crippen LogP contribution >= 0.6 is 0 Å². The number of hydrogen-bond acceptors (Lipinski definition) is 8. The molecule has 0 radical (unpaired) electrons. The molecule has 0 saturated carbocycles. The van der Waals surface area contributed by atoms with Gasteiger partial charge in [0.1, 0.15) is 41.3 Å². The lowest BCUT2D eigenvalue weighted by Gasteiger charge is -2.30. The molecular weight excluding hydrogens is 688 g/mol. The average Bonchev–Trinajstić information content (AvgIpc) is 3.56. The van der Waals surface area contributed by atoms with E-state index < -0.39 is 53.7 Å². The number of carbonyl (C=O) groups is 4. The van der Waals surface area contributed by atoms with Crippen molar-refractivity contribution in [2.75, 3.05) is 13.7 Å². The lowest BCUT2D eigenvalue weighted by molar-refractivity contribution is -0.144. The lowest BCUT2D eigenvalue weighted by Crippen LogP contribution is -2.56. The van der Waals surface area contributed by atoms with Crippen LogP contribution in [0, 0.1) is 0 Å². The first-order valence-corrected chi connectivity index (χ1v) is 18.1. The number of allylic oxidation sites excluding steroid dienone is 2. The minimum atomic E-state index is -1.18. The molecule has 282 valence electrons. The topological polar surface area (TPSA) is 156 Å². The summed E-state index contributed by atoms with van der Waals surface area (Å²) in [6.07, 6.45) is 3.78. The van der Waals surface area contributed by atoms with Crippen LogP contribution in [0.25, 0.3) is 22.2 Å². The van der Waals surface area contributed by atoms with E-state index in [1.54, 1.807) is 33.9 Å². The Hall–Kier alpha value is -5.91. The summed E-state index contributed by atoms with van der Waals surface area (Å²) in [5, 5.41) is 16.2. The molecule has 2 bridgehead atoms. The van der Waals surface area contributed by atoms with Crippen molar-refractivity contribution in [1.82, 2.24) is 20.5 Å². The van der Waals surface area contributed by atoms with E-state index in [4.69, 9.17) is 19.2 Å². The van der Waals surface area contributed by atoms with Crippen molar-refractivity contribution in [3.63, 3.8) is 0 Å². The number of nitrogens with zero attached hydrogens (tertiary/aromatic N) is 2. The Morgan fingerprint density at radius 3 is 2.48 bits per heavy atom. The standard InChI is InChI=1S/C42H46N4O8/c1-42(2,3)54-41(51)45-35-21-27-14-11-13-26(20-27)12-7-5-10-17-32(40(49)50)44-38(47)36-23-30(25-46(36)39(35)48)53-37-24-33(28-15-8-6-9-16-28)43-34-22-29(52-4)18-19-31(34)37/h5-9,11,13-16,18-20,22,24,30,32,35-36H,10,12,17,21,23,25H2,1-4H3,(H,44,47)(H,45,51)(H,49,50)/b7-5+/t30-,32-,35-,36+/m1/s1. The maximum atomic E-state index is 14.7.